The maximum absolute atomic E-state index is 12.0. The topological polar surface area (TPSA) is 50.4 Å². The molecule has 1 aromatic carbocycles. The predicted molar refractivity (Wildman–Crippen MR) is 71.0 cm³/mol. The molecule has 1 amide bonds. The number of carbonyl (C=O) groups excluding carboxylic acids is 1. The first-order valence-electron chi connectivity index (χ1n) is 6.45. The fraction of sp³-hybridized carbons (Fsp3) is 0.500. The van der Waals surface area contributed by atoms with Gasteiger partial charge in [-0.15, -0.1) is 0 Å². The van der Waals surface area contributed by atoms with Gasteiger partial charge in [-0.25, -0.2) is 0 Å². The summed E-state index contributed by atoms with van der Waals surface area (Å²) < 4.78 is 5.11. The standard InChI is InChI=1S/C14H20N2O2/c1-18-13-7-4-5-11(9-13)14(17)16-10-12-6-2-3-8-15-12/h4-5,7,9,12,15H,2-3,6,8,10H2,1H3,(H,16,17). The Balaban J connectivity index is 1.86. The number of methoxy groups -OCH3 is 1. The van der Waals surface area contributed by atoms with Crippen LogP contribution in [-0.4, -0.2) is 32.1 Å². The van der Waals surface area contributed by atoms with E-state index in [1.54, 1.807) is 19.2 Å². The van der Waals surface area contributed by atoms with Crippen LogP contribution in [0.3, 0.4) is 0 Å². The number of hydrogen-bond donors (Lipinski definition) is 2. The Morgan fingerprint density at radius 1 is 1.50 bits per heavy atom. The van der Waals surface area contributed by atoms with E-state index in [1.807, 2.05) is 12.1 Å². The second kappa shape index (κ2) is 6.40. The number of benzene rings is 1. The van der Waals surface area contributed by atoms with Gasteiger partial charge < -0.3 is 15.4 Å². The Hall–Kier alpha value is -1.55. The highest BCUT2D eigenvalue weighted by Crippen LogP contribution is 2.12. The molecule has 4 heteroatoms. The predicted octanol–water partition coefficient (Wildman–Crippen LogP) is 1.57. The zero-order valence-electron chi connectivity index (χ0n) is 10.7. The summed E-state index contributed by atoms with van der Waals surface area (Å²) in [6.07, 6.45) is 3.62. The molecule has 0 spiro atoms. The Labute approximate surface area is 108 Å². The van der Waals surface area contributed by atoms with Crippen molar-refractivity contribution in [1.29, 1.82) is 0 Å². The molecule has 1 atom stereocenters. The first-order valence-corrected chi connectivity index (χ1v) is 6.45. The zero-order valence-corrected chi connectivity index (χ0v) is 10.7. The fourth-order valence-electron chi connectivity index (χ4n) is 2.18. The molecule has 1 heterocycles. The Bertz CT molecular complexity index is 401. The molecule has 0 aliphatic carbocycles. The van der Waals surface area contributed by atoms with Crippen molar-refractivity contribution < 1.29 is 9.53 Å². The Kier molecular flexibility index (Phi) is 4.59. The molecule has 1 aromatic rings. The monoisotopic (exact) mass is 248 g/mol. The van der Waals surface area contributed by atoms with Crippen molar-refractivity contribution in [3.63, 3.8) is 0 Å². The van der Waals surface area contributed by atoms with Crippen LogP contribution in [0, 0.1) is 0 Å². The van der Waals surface area contributed by atoms with Gasteiger partial charge in [0.2, 0.25) is 0 Å². The van der Waals surface area contributed by atoms with Crippen molar-refractivity contribution in [3.05, 3.63) is 29.8 Å². The van der Waals surface area contributed by atoms with E-state index in [0.29, 0.717) is 23.9 Å². The molecule has 0 radical (unpaired) electrons. The minimum Gasteiger partial charge on any atom is -0.497 e. The first kappa shape index (κ1) is 12.9. The fourth-order valence-corrected chi connectivity index (χ4v) is 2.18. The quantitative estimate of drug-likeness (QED) is 0.850. The lowest BCUT2D eigenvalue weighted by Gasteiger charge is -2.23. The van der Waals surface area contributed by atoms with Gasteiger partial charge >= 0.3 is 0 Å². The second-order valence-electron chi connectivity index (χ2n) is 4.59. The number of piperidine rings is 1. The zero-order chi connectivity index (χ0) is 12.8. The van der Waals surface area contributed by atoms with E-state index in [0.717, 1.165) is 13.0 Å². The molecule has 1 saturated heterocycles. The van der Waals surface area contributed by atoms with Gasteiger partial charge in [0.15, 0.2) is 0 Å². The van der Waals surface area contributed by atoms with E-state index >= 15 is 0 Å². The number of amides is 1. The normalized spacial score (nSPS) is 19.3. The summed E-state index contributed by atoms with van der Waals surface area (Å²) in [5, 5.41) is 6.37. The van der Waals surface area contributed by atoms with Crippen molar-refractivity contribution in [2.24, 2.45) is 0 Å². The van der Waals surface area contributed by atoms with Crippen molar-refractivity contribution in [2.45, 2.75) is 25.3 Å². The number of ether oxygens (including phenoxy) is 1. The van der Waals surface area contributed by atoms with Gasteiger partial charge in [0.05, 0.1) is 7.11 Å². The number of hydrogen-bond acceptors (Lipinski definition) is 3. The van der Waals surface area contributed by atoms with Crippen LogP contribution in [0.2, 0.25) is 0 Å². The SMILES string of the molecule is COc1cccc(C(=O)NCC2CCCCN2)c1. The molecule has 0 aromatic heterocycles. The molecule has 0 saturated carbocycles. The first-order chi connectivity index (χ1) is 8.79. The minimum atomic E-state index is -0.0405. The third-order valence-corrected chi connectivity index (χ3v) is 3.25. The van der Waals surface area contributed by atoms with Crippen LogP contribution in [0.25, 0.3) is 0 Å². The number of nitrogens with one attached hydrogen (secondary N) is 2. The van der Waals surface area contributed by atoms with Crippen molar-refractivity contribution >= 4 is 5.91 Å². The lowest BCUT2D eigenvalue weighted by atomic mass is 10.1. The van der Waals surface area contributed by atoms with Crippen molar-refractivity contribution in [1.82, 2.24) is 10.6 Å². The lowest BCUT2D eigenvalue weighted by Crippen LogP contribution is -2.43. The Morgan fingerprint density at radius 3 is 3.11 bits per heavy atom. The highest BCUT2D eigenvalue weighted by Gasteiger charge is 2.14. The van der Waals surface area contributed by atoms with Crippen LogP contribution in [0.5, 0.6) is 5.75 Å². The van der Waals surface area contributed by atoms with Gasteiger partial charge in [-0.2, -0.15) is 0 Å². The second-order valence-corrected chi connectivity index (χ2v) is 4.59. The maximum atomic E-state index is 12.0. The average molecular weight is 248 g/mol. The van der Waals surface area contributed by atoms with Gasteiger partial charge in [-0.05, 0) is 37.6 Å². The van der Waals surface area contributed by atoms with Crippen LogP contribution >= 0.6 is 0 Å². The highest BCUT2D eigenvalue weighted by atomic mass is 16.5. The molecule has 1 unspecified atom stereocenters. The maximum Gasteiger partial charge on any atom is 0.251 e. The van der Waals surface area contributed by atoms with E-state index < -0.39 is 0 Å². The summed E-state index contributed by atoms with van der Waals surface area (Å²) in [5.41, 5.74) is 0.644. The smallest absolute Gasteiger partial charge is 0.251 e. The Morgan fingerprint density at radius 2 is 2.39 bits per heavy atom. The lowest BCUT2D eigenvalue weighted by molar-refractivity contribution is 0.0947. The van der Waals surface area contributed by atoms with Gasteiger partial charge in [0.25, 0.3) is 5.91 Å². The number of carbonyl (C=O) groups is 1. The molecule has 4 nitrogen and oxygen atoms in total. The third kappa shape index (κ3) is 3.47. The van der Waals surface area contributed by atoms with E-state index in [4.69, 9.17) is 4.74 Å². The highest BCUT2D eigenvalue weighted by molar-refractivity contribution is 5.94. The van der Waals surface area contributed by atoms with Gasteiger partial charge in [0, 0.05) is 18.2 Å². The van der Waals surface area contributed by atoms with Crippen molar-refractivity contribution in [2.75, 3.05) is 20.2 Å². The molecule has 1 aliphatic rings. The van der Waals surface area contributed by atoms with E-state index in [1.165, 1.54) is 12.8 Å². The largest absolute Gasteiger partial charge is 0.497 e. The van der Waals surface area contributed by atoms with Crippen LogP contribution in [0.4, 0.5) is 0 Å². The minimum absolute atomic E-state index is 0.0405. The van der Waals surface area contributed by atoms with Gasteiger partial charge in [-0.1, -0.05) is 12.5 Å². The summed E-state index contributed by atoms with van der Waals surface area (Å²) in [6.45, 7) is 1.75. The molecule has 98 valence electrons. The summed E-state index contributed by atoms with van der Waals surface area (Å²) in [4.78, 5) is 12.0. The molecule has 2 rings (SSSR count). The van der Waals surface area contributed by atoms with E-state index in [9.17, 15) is 4.79 Å². The summed E-state index contributed by atoms with van der Waals surface area (Å²) in [6, 6.07) is 7.62. The average Bonchev–Trinajstić information content (AvgIpc) is 2.46. The van der Waals surface area contributed by atoms with Crippen LogP contribution < -0.4 is 15.4 Å². The third-order valence-electron chi connectivity index (χ3n) is 3.25. The molecule has 18 heavy (non-hydrogen) atoms. The summed E-state index contributed by atoms with van der Waals surface area (Å²) >= 11 is 0. The van der Waals surface area contributed by atoms with E-state index in [-0.39, 0.29) is 5.91 Å². The van der Waals surface area contributed by atoms with E-state index in [2.05, 4.69) is 10.6 Å². The van der Waals surface area contributed by atoms with Gasteiger partial charge in [0.1, 0.15) is 5.75 Å². The van der Waals surface area contributed by atoms with Crippen LogP contribution in [0.15, 0.2) is 24.3 Å². The molecular formula is C14H20N2O2. The van der Waals surface area contributed by atoms with Crippen LogP contribution in [-0.2, 0) is 0 Å². The van der Waals surface area contributed by atoms with Crippen LogP contribution in [0.1, 0.15) is 29.6 Å². The number of rotatable bonds is 4. The molecule has 2 N–H and O–H groups in total. The molecule has 1 fully saturated rings. The summed E-state index contributed by atoms with van der Waals surface area (Å²) in [5.74, 6) is 0.666. The molecule has 0 bridgehead atoms. The molecular weight excluding hydrogens is 228 g/mol. The summed E-state index contributed by atoms with van der Waals surface area (Å²) in [7, 11) is 1.60. The van der Waals surface area contributed by atoms with Crippen molar-refractivity contribution in [3.8, 4) is 5.75 Å². The van der Waals surface area contributed by atoms with Gasteiger partial charge in [-0.3, -0.25) is 4.79 Å². The molecule has 1 aliphatic heterocycles.